The van der Waals surface area contributed by atoms with E-state index < -0.39 is 11.7 Å². The van der Waals surface area contributed by atoms with Gasteiger partial charge in [0.15, 0.2) is 0 Å². The van der Waals surface area contributed by atoms with Crippen LogP contribution >= 0.6 is 27.5 Å². The molecule has 1 amide bonds. The summed E-state index contributed by atoms with van der Waals surface area (Å²) in [6.07, 6.45) is 0. The maximum atomic E-state index is 13.6. The van der Waals surface area contributed by atoms with E-state index in [1.807, 2.05) is 0 Å². The molecular weight excluding hydrogens is 335 g/mol. The third-order valence-corrected chi connectivity index (χ3v) is 3.73. The number of hydrogen-bond acceptors (Lipinski definition) is 2. The predicted molar refractivity (Wildman–Crippen MR) is 77.9 cm³/mol. The maximum Gasteiger partial charge on any atom is 0.257 e. The Labute approximate surface area is 122 Å². The van der Waals surface area contributed by atoms with Gasteiger partial charge in [0.05, 0.1) is 16.3 Å². The van der Waals surface area contributed by atoms with Gasteiger partial charge < -0.3 is 11.1 Å². The Kier molecular flexibility index (Phi) is 4.07. The third kappa shape index (κ3) is 3.05. The fourth-order valence-electron chi connectivity index (χ4n) is 1.50. The standard InChI is InChI=1S/C13H9BrClFN2O/c14-9-3-1-2-8(12(9)15)13(19)18-11-5-4-7(17)6-10(11)16/h1-6H,17H2,(H,18,19). The van der Waals surface area contributed by atoms with Gasteiger partial charge in [0, 0.05) is 10.2 Å². The number of nitrogens with two attached hydrogens (primary N) is 1. The summed E-state index contributed by atoms with van der Waals surface area (Å²) < 4.78 is 14.2. The molecule has 2 aromatic rings. The lowest BCUT2D eigenvalue weighted by molar-refractivity contribution is 0.102. The summed E-state index contributed by atoms with van der Waals surface area (Å²) in [6.45, 7) is 0. The number of rotatable bonds is 2. The summed E-state index contributed by atoms with van der Waals surface area (Å²) in [5.74, 6) is -1.09. The second-order valence-electron chi connectivity index (χ2n) is 3.79. The van der Waals surface area contributed by atoms with Crippen LogP contribution in [0, 0.1) is 5.82 Å². The van der Waals surface area contributed by atoms with Crippen LogP contribution in [0.5, 0.6) is 0 Å². The number of anilines is 2. The normalized spacial score (nSPS) is 10.3. The molecule has 19 heavy (non-hydrogen) atoms. The van der Waals surface area contributed by atoms with Crippen LogP contribution in [0.3, 0.4) is 0 Å². The molecule has 0 unspecified atom stereocenters. The van der Waals surface area contributed by atoms with Gasteiger partial charge in [0.2, 0.25) is 0 Å². The van der Waals surface area contributed by atoms with Gasteiger partial charge in [0.25, 0.3) is 5.91 Å². The third-order valence-electron chi connectivity index (χ3n) is 2.44. The summed E-state index contributed by atoms with van der Waals surface area (Å²) in [5, 5.41) is 2.72. The molecule has 0 spiro atoms. The van der Waals surface area contributed by atoms with Gasteiger partial charge in [0.1, 0.15) is 5.82 Å². The first-order chi connectivity index (χ1) is 8.99. The highest BCUT2D eigenvalue weighted by Crippen LogP contribution is 2.27. The molecule has 2 rings (SSSR count). The first-order valence-electron chi connectivity index (χ1n) is 5.29. The molecule has 0 aliphatic carbocycles. The van der Waals surface area contributed by atoms with Crippen molar-refractivity contribution in [3.63, 3.8) is 0 Å². The van der Waals surface area contributed by atoms with Crippen molar-refractivity contribution in [2.45, 2.75) is 0 Å². The van der Waals surface area contributed by atoms with E-state index in [1.165, 1.54) is 12.1 Å². The van der Waals surface area contributed by atoms with Crippen LogP contribution in [0.4, 0.5) is 15.8 Å². The van der Waals surface area contributed by atoms with Crippen LogP contribution in [0.25, 0.3) is 0 Å². The van der Waals surface area contributed by atoms with Gasteiger partial charge in [-0.25, -0.2) is 4.39 Å². The highest BCUT2D eigenvalue weighted by Gasteiger charge is 2.14. The summed E-state index contributed by atoms with van der Waals surface area (Å²) in [4.78, 5) is 12.0. The van der Waals surface area contributed by atoms with Crippen molar-refractivity contribution in [2.24, 2.45) is 0 Å². The number of halogens is 3. The number of nitrogens with one attached hydrogen (secondary N) is 1. The van der Waals surface area contributed by atoms with Crippen LogP contribution in [-0.4, -0.2) is 5.91 Å². The van der Waals surface area contributed by atoms with Gasteiger partial charge in [-0.15, -0.1) is 0 Å². The molecule has 0 bridgehead atoms. The average molecular weight is 344 g/mol. The number of hydrogen-bond donors (Lipinski definition) is 2. The van der Waals surface area contributed by atoms with E-state index in [0.717, 1.165) is 6.07 Å². The Balaban J connectivity index is 2.28. The fourth-order valence-corrected chi connectivity index (χ4v) is 2.08. The Morgan fingerprint density at radius 3 is 2.74 bits per heavy atom. The second-order valence-corrected chi connectivity index (χ2v) is 5.03. The Hall–Kier alpha value is -1.59. The van der Waals surface area contributed by atoms with E-state index in [1.54, 1.807) is 18.2 Å². The van der Waals surface area contributed by atoms with Crippen LogP contribution < -0.4 is 11.1 Å². The van der Waals surface area contributed by atoms with E-state index >= 15 is 0 Å². The molecule has 0 aromatic heterocycles. The van der Waals surface area contributed by atoms with Gasteiger partial charge in [-0.2, -0.15) is 0 Å². The minimum atomic E-state index is -0.598. The van der Waals surface area contributed by atoms with E-state index in [-0.39, 0.29) is 22.0 Å². The van der Waals surface area contributed by atoms with Crippen molar-refractivity contribution in [3.05, 3.63) is 57.3 Å². The van der Waals surface area contributed by atoms with Crippen molar-refractivity contribution in [1.82, 2.24) is 0 Å². The zero-order valence-corrected chi connectivity index (χ0v) is 11.9. The first-order valence-corrected chi connectivity index (χ1v) is 6.46. The largest absolute Gasteiger partial charge is 0.399 e. The number of carbonyl (C=O) groups is 1. The fraction of sp³-hybridized carbons (Fsp3) is 0. The zero-order chi connectivity index (χ0) is 14.0. The first kappa shape index (κ1) is 13.8. The molecule has 0 aliphatic heterocycles. The minimum absolute atomic E-state index is 0.0512. The van der Waals surface area contributed by atoms with Crippen LogP contribution in [0.15, 0.2) is 40.9 Å². The highest BCUT2D eigenvalue weighted by molar-refractivity contribution is 9.10. The second kappa shape index (κ2) is 5.59. The Morgan fingerprint density at radius 1 is 1.32 bits per heavy atom. The molecule has 0 saturated heterocycles. The summed E-state index contributed by atoms with van der Waals surface area (Å²) >= 11 is 9.22. The molecule has 0 atom stereocenters. The van der Waals surface area contributed by atoms with Crippen LogP contribution in [0.1, 0.15) is 10.4 Å². The smallest absolute Gasteiger partial charge is 0.257 e. The van der Waals surface area contributed by atoms with Crippen molar-refractivity contribution in [1.29, 1.82) is 0 Å². The molecule has 0 heterocycles. The van der Waals surface area contributed by atoms with Crippen LogP contribution in [-0.2, 0) is 0 Å². The molecule has 0 radical (unpaired) electrons. The number of amides is 1. The lowest BCUT2D eigenvalue weighted by Gasteiger charge is -2.09. The van der Waals surface area contributed by atoms with Gasteiger partial charge in [-0.05, 0) is 46.3 Å². The molecule has 0 aliphatic rings. The number of benzene rings is 2. The lowest BCUT2D eigenvalue weighted by atomic mass is 10.2. The molecule has 0 saturated carbocycles. The van der Waals surface area contributed by atoms with E-state index in [0.29, 0.717) is 4.47 Å². The summed E-state index contributed by atoms with van der Waals surface area (Å²) in [5.41, 5.74) is 6.03. The number of carbonyl (C=O) groups excluding carboxylic acids is 1. The predicted octanol–water partition coefficient (Wildman–Crippen LogP) is 4.08. The Bertz CT molecular complexity index is 649. The molecule has 2 aromatic carbocycles. The van der Waals surface area contributed by atoms with E-state index in [2.05, 4.69) is 21.2 Å². The van der Waals surface area contributed by atoms with Crippen molar-refractivity contribution in [3.8, 4) is 0 Å². The van der Waals surface area contributed by atoms with Gasteiger partial charge in [-0.1, -0.05) is 17.7 Å². The molecule has 98 valence electrons. The number of nitrogen functional groups attached to an aromatic ring is 1. The molecule has 6 heteroatoms. The molecule has 3 N–H and O–H groups in total. The SMILES string of the molecule is Nc1ccc(NC(=O)c2cccc(Br)c2Cl)c(F)c1. The highest BCUT2D eigenvalue weighted by atomic mass is 79.9. The van der Waals surface area contributed by atoms with E-state index in [4.69, 9.17) is 17.3 Å². The minimum Gasteiger partial charge on any atom is -0.399 e. The summed E-state index contributed by atoms with van der Waals surface area (Å²) in [6, 6.07) is 8.97. The quantitative estimate of drug-likeness (QED) is 0.807. The lowest BCUT2D eigenvalue weighted by Crippen LogP contribution is -2.13. The zero-order valence-electron chi connectivity index (χ0n) is 9.58. The topological polar surface area (TPSA) is 55.1 Å². The van der Waals surface area contributed by atoms with Crippen molar-refractivity contribution < 1.29 is 9.18 Å². The summed E-state index contributed by atoms with van der Waals surface area (Å²) in [7, 11) is 0. The van der Waals surface area contributed by atoms with Crippen molar-refractivity contribution >= 4 is 44.8 Å². The maximum absolute atomic E-state index is 13.6. The molecular formula is C13H9BrClFN2O. The monoisotopic (exact) mass is 342 g/mol. The van der Waals surface area contributed by atoms with E-state index in [9.17, 15) is 9.18 Å². The molecule has 3 nitrogen and oxygen atoms in total. The van der Waals surface area contributed by atoms with Crippen molar-refractivity contribution in [2.75, 3.05) is 11.1 Å². The van der Waals surface area contributed by atoms with Gasteiger partial charge >= 0.3 is 0 Å². The van der Waals surface area contributed by atoms with Gasteiger partial charge in [-0.3, -0.25) is 4.79 Å². The Morgan fingerprint density at radius 2 is 2.05 bits per heavy atom. The van der Waals surface area contributed by atoms with Crippen LogP contribution in [0.2, 0.25) is 5.02 Å². The average Bonchev–Trinajstić information content (AvgIpc) is 2.36. The molecule has 0 fully saturated rings.